The third kappa shape index (κ3) is 3.94. The van der Waals surface area contributed by atoms with E-state index in [1.165, 1.54) is 12.4 Å². The van der Waals surface area contributed by atoms with E-state index in [9.17, 15) is 9.90 Å². The molecule has 0 saturated heterocycles. The van der Waals surface area contributed by atoms with Crippen molar-refractivity contribution in [2.24, 2.45) is 0 Å². The molecular weight excluding hydrogens is 266 g/mol. The summed E-state index contributed by atoms with van der Waals surface area (Å²) in [5.74, 6) is -0.174. The average molecular weight is 291 g/mol. The molecule has 5 nitrogen and oxygen atoms in total. The summed E-state index contributed by atoms with van der Waals surface area (Å²) >= 11 is 0. The second-order valence-corrected chi connectivity index (χ2v) is 5.77. The lowest BCUT2D eigenvalue weighted by Crippen LogP contribution is -2.43. The van der Waals surface area contributed by atoms with Crippen molar-refractivity contribution in [1.82, 2.24) is 15.2 Å². The van der Waals surface area contributed by atoms with Crippen LogP contribution in [0.5, 0.6) is 5.75 Å². The van der Waals surface area contributed by atoms with Gasteiger partial charge in [-0.05, 0) is 44.7 Å². The number of rotatable bonds is 5. The molecule has 0 atom stereocenters. The maximum atomic E-state index is 12.4. The van der Waals surface area contributed by atoms with Crippen molar-refractivity contribution in [1.29, 1.82) is 0 Å². The third-order valence-corrected chi connectivity index (χ3v) is 4.28. The number of amides is 1. The fourth-order valence-corrected chi connectivity index (χ4v) is 2.94. The van der Waals surface area contributed by atoms with Crippen LogP contribution in [0, 0.1) is 0 Å². The first-order chi connectivity index (χ1) is 10.1. The number of nitrogens with zero attached hydrogens (tertiary/aromatic N) is 2. The molecular formula is C16H25N3O2. The number of pyridine rings is 1. The van der Waals surface area contributed by atoms with E-state index in [0.29, 0.717) is 11.6 Å². The number of hydrogen-bond donors (Lipinski definition) is 2. The van der Waals surface area contributed by atoms with Crippen LogP contribution in [0.1, 0.15) is 49.4 Å². The lowest BCUT2D eigenvalue weighted by Gasteiger charge is -2.35. The Hall–Kier alpha value is -1.62. The third-order valence-electron chi connectivity index (χ3n) is 4.28. The Morgan fingerprint density at radius 1 is 1.43 bits per heavy atom. The Balaban J connectivity index is 1.91. The predicted octanol–water partition coefficient (Wildman–Crippen LogP) is 2.17. The molecule has 1 aliphatic rings. The van der Waals surface area contributed by atoms with E-state index in [2.05, 4.69) is 17.2 Å². The van der Waals surface area contributed by atoms with Gasteiger partial charge in [0.2, 0.25) is 0 Å². The highest BCUT2D eigenvalue weighted by Gasteiger charge is 2.27. The SMILES string of the molecule is CCCNC1CCC(N(C)C(=O)c2ccncc2O)CC1. The summed E-state index contributed by atoms with van der Waals surface area (Å²) in [5, 5.41) is 13.3. The lowest BCUT2D eigenvalue weighted by atomic mass is 9.90. The van der Waals surface area contributed by atoms with Gasteiger partial charge in [-0.1, -0.05) is 6.92 Å². The van der Waals surface area contributed by atoms with E-state index in [0.717, 1.165) is 38.6 Å². The van der Waals surface area contributed by atoms with E-state index in [1.807, 2.05) is 7.05 Å². The number of aromatic hydroxyl groups is 1. The maximum absolute atomic E-state index is 12.4. The van der Waals surface area contributed by atoms with E-state index in [1.54, 1.807) is 11.0 Å². The fraction of sp³-hybridized carbons (Fsp3) is 0.625. The summed E-state index contributed by atoms with van der Waals surface area (Å²) in [5.41, 5.74) is 0.332. The van der Waals surface area contributed by atoms with Crippen LogP contribution >= 0.6 is 0 Å². The average Bonchev–Trinajstić information content (AvgIpc) is 2.52. The molecule has 5 heteroatoms. The van der Waals surface area contributed by atoms with Gasteiger partial charge in [-0.2, -0.15) is 0 Å². The van der Waals surface area contributed by atoms with Crippen LogP contribution in [0.4, 0.5) is 0 Å². The molecule has 1 heterocycles. The van der Waals surface area contributed by atoms with E-state index in [-0.39, 0.29) is 17.7 Å². The standard InChI is InChI=1S/C16H25N3O2/c1-3-9-18-12-4-6-13(7-5-12)19(2)16(21)14-8-10-17-11-15(14)20/h8,10-13,18,20H,3-7,9H2,1-2H3. The first-order valence-electron chi connectivity index (χ1n) is 7.77. The summed E-state index contributed by atoms with van der Waals surface area (Å²) < 4.78 is 0. The van der Waals surface area contributed by atoms with E-state index >= 15 is 0 Å². The number of carbonyl (C=O) groups is 1. The number of carbonyl (C=O) groups excluding carboxylic acids is 1. The Morgan fingerprint density at radius 3 is 2.76 bits per heavy atom. The minimum atomic E-state index is -0.125. The van der Waals surface area contributed by atoms with Crippen molar-refractivity contribution in [3.63, 3.8) is 0 Å². The molecule has 0 aromatic carbocycles. The summed E-state index contributed by atoms with van der Waals surface area (Å²) in [4.78, 5) is 18.0. The minimum Gasteiger partial charge on any atom is -0.505 e. The molecule has 0 unspecified atom stereocenters. The molecule has 1 saturated carbocycles. The maximum Gasteiger partial charge on any atom is 0.257 e. The highest BCUT2D eigenvalue weighted by Crippen LogP contribution is 2.25. The molecule has 1 aromatic rings. The fourth-order valence-electron chi connectivity index (χ4n) is 2.94. The van der Waals surface area contributed by atoms with Crippen LogP contribution in [0.25, 0.3) is 0 Å². The molecule has 21 heavy (non-hydrogen) atoms. The summed E-state index contributed by atoms with van der Waals surface area (Å²) in [6.45, 7) is 3.24. The molecule has 1 aliphatic carbocycles. The zero-order chi connectivity index (χ0) is 15.2. The quantitative estimate of drug-likeness (QED) is 0.872. The van der Waals surface area contributed by atoms with E-state index in [4.69, 9.17) is 0 Å². The van der Waals surface area contributed by atoms with Crippen LogP contribution in [0.15, 0.2) is 18.5 Å². The molecule has 1 amide bonds. The first-order valence-corrected chi connectivity index (χ1v) is 7.77. The van der Waals surface area contributed by atoms with Crippen LogP contribution in [-0.2, 0) is 0 Å². The van der Waals surface area contributed by atoms with Gasteiger partial charge >= 0.3 is 0 Å². The van der Waals surface area contributed by atoms with E-state index < -0.39 is 0 Å². The molecule has 0 aliphatic heterocycles. The molecule has 0 radical (unpaired) electrons. The molecule has 0 bridgehead atoms. The largest absolute Gasteiger partial charge is 0.505 e. The van der Waals surface area contributed by atoms with Crippen molar-refractivity contribution < 1.29 is 9.90 Å². The number of nitrogens with one attached hydrogen (secondary N) is 1. The first kappa shape index (κ1) is 15.8. The Kier molecular flexibility index (Phi) is 5.56. The van der Waals surface area contributed by atoms with Crippen LogP contribution in [0.3, 0.4) is 0 Å². The Labute approximate surface area is 126 Å². The normalized spacial score (nSPS) is 22.0. The van der Waals surface area contributed by atoms with Crippen molar-refractivity contribution in [2.45, 2.75) is 51.1 Å². The highest BCUT2D eigenvalue weighted by atomic mass is 16.3. The van der Waals surface area contributed by atoms with Gasteiger partial charge < -0.3 is 15.3 Å². The summed E-state index contributed by atoms with van der Waals surface area (Å²) in [6.07, 6.45) is 8.22. The second kappa shape index (κ2) is 7.41. The summed E-state index contributed by atoms with van der Waals surface area (Å²) in [6, 6.07) is 2.41. The topological polar surface area (TPSA) is 65.5 Å². The van der Waals surface area contributed by atoms with Gasteiger partial charge in [0, 0.05) is 25.3 Å². The molecule has 0 spiro atoms. The molecule has 1 fully saturated rings. The summed E-state index contributed by atoms with van der Waals surface area (Å²) in [7, 11) is 1.83. The van der Waals surface area contributed by atoms with Gasteiger partial charge in [0.05, 0.1) is 11.8 Å². The van der Waals surface area contributed by atoms with Crippen LogP contribution in [0.2, 0.25) is 0 Å². The van der Waals surface area contributed by atoms with Crippen molar-refractivity contribution >= 4 is 5.91 Å². The van der Waals surface area contributed by atoms with Gasteiger partial charge in [0.15, 0.2) is 0 Å². The molecule has 2 N–H and O–H groups in total. The van der Waals surface area contributed by atoms with Gasteiger partial charge in [-0.25, -0.2) is 0 Å². The minimum absolute atomic E-state index is 0.0485. The van der Waals surface area contributed by atoms with Crippen LogP contribution in [-0.4, -0.2) is 46.6 Å². The highest BCUT2D eigenvalue weighted by molar-refractivity contribution is 5.96. The van der Waals surface area contributed by atoms with Gasteiger partial charge in [-0.3, -0.25) is 9.78 Å². The Bertz CT molecular complexity index is 470. The second-order valence-electron chi connectivity index (χ2n) is 5.77. The molecule has 2 rings (SSSR count). The Morgan fingerprint density at radius 2 is 2.14 bits per heavy atom. The van der Waals surface area contributed by atoms with Crippen molar-refractivity contribution in [3.8, 4) is 5.75 Å². The predicted molar refractivity (Wildman–Crippen MR) is 82.3 cm³/mol. The van der Waals surface area contributed by atoms with Crippen molar-refractivity contribution in [2.75, 3.05) is 13.6 Å². The number of hydrogen-bond acceptors (Lipinski definition) is 4. The monoisotopic (exact) mass is 291 g/mol. The van der Waals surface area contributed by atoms with Gasteiger partial charge in [-0.15, -0.1) is 0 Å². The number of aromatic nitrogens is 1. The van der Waals surface area contributed by atoms with Crippen molar-refractivity contribution in [3.05, 3.63) is 24.0 Å². The zero-order valence-electron chi connectivity index (χ0n) is 12.9. The molecule has 116 valence electrons. The van der Waals surface area contributed by atoms with Gasteiger partial charge in [0.1, 0.15) is 5.75 Å². The smallest absolute Gasteiger partial charge is 0.257 e. The zero-order valence-corrected chi connectivity index (χ0v) is 12.9. The van der Waals surface area contributed by atoms with Crippen LogP contribution < -0.4 is 5.32 Å². The lowest BCUT2D eigenvalue weighted by molar-refractivity contribution is 0.0681. The molecule has 1 aromatic heterocycles. The van der Waals surface area contributed by atoms with Gasteiger partial charge in [0.25, 0.3) is 5.91 Å².